The molecule has 0 fully saturated rings. The molecule has 1 heterocycles. The van der Waals surface area contributed by atoms with Crippen LogP contribution >= 0.6 is 15.9 Å². The maximum absolute atomic E-state index is 13.5. The zero-order valence-electron chi connectivity index (χ0n) is 8.54. The molecule has 1 aromatic carbocycles. The molecule has 82 valence electrons. The number of benzene rings is 1. The smallest absolute Gasteiger partial charge is 0.227 e. The number of halogens is 2. The largest absolute Gasteiger partial charge is 0.322 e. The number of hydrogen-bond donors (Lipinski definition) is 1. The van der Waals surface area contributed by atoms with Crippen LogP contribution in [-0.2, 0) is 0 Å². The van der Waals surface area contributed by atoms with E-state index in [-0.39, 0.29) is 5.82 Å². The van der Waals surface area contributed by atoms with Crippen LogP contribution in [0.5, 0.6) is 0 Å². The first kappa shape index (κ1) is 11.0. The van der Waals surface area contributed by atoms with Crippen LogP contribution < -0.4 is 5.32 Å². The maximum Gasteiger partial charge on any atom is 0.227 e. The van der Waals surface area contributed by atoms with Gasteiger partial charge in [-0.2, -0.15) is 0 Å². The molecule has 0 unspecified atom stereocenters. The minimum atomic E-state index is -0.313. The summed E-state index contributed by atoms with van der Waals surface area (Å²) in [4.78, 5) is 8.00. The van der Waals surface area contributed by atoms with Crippen molar-refractivity contribution in [1.82, 2.24) is 9.97 Å². The molecule has 1 N–H and O–H groups in total. The second-order valence-corrected chi connectivity index (χ2v) is 4.25. The lowest BCUT2D eigenvalue weighted by Crippen LogP contribution is -1.98. The van der Waals surface area contributed by atoms with Crippen molar-refractivity contribution in [1.29, 1.82) is 0 Å². The van der Waals surface area contributed by atoms with Crippen LogP contribution in [-0.4, -0.2) is 9.97 Å². The lowest BCUT2D eigenvalue weighted by Gasteiger charge is -2.06. The number of nitrogens with zero attached hydrogens (tertiary/aromatic N) is 2. The Morgan fingerprint density at radius 3 is 2.56 bits per heavy atom. The van der Waals surface area contributed by atoms with Crippen LogP contribution in [0.4, 0.5) is 16.0 Å². The van der Waals surface area contributed by atoms with Gasteiger partial charge in [0.15, 0.2) is 0 Å². The van der Waals surface area contributed by atoms with Crippen LogP contribution in [0.25, 0.3) is 0 Å². The minimum absolute atomic E-state index is 0.313. The molecule has 0 bridgehead atoms. The summed E-state index contributed by atoms with van der Waals surface area (Å²) in [6.45, 7) is 1.84. The molecule has 0 atom stereocenters. The van der Waals surface area contributed by atoms with Gasteiger partial charge in [0.1, 0.15) is 5.82 Å². The van der Waals surface area contributed by atoms with Gasteiger partial charge in [-0.05, 0) is 40.5 Å². The fourth-order valence-electron chi connectivity index (χ4n) is 1.22. The molecule has 0 aliphatic rings. The SMILES string of the molecule is Cc1ccc(Nc2ncc(Br)cn2)c(F)c1. The van der Waals surface area contributed by atoms with Crippen molar-refractivity contribution in [3.05, 3.63) is 46.4 Å². The summed E-state index contributed by atoms with van der Waals surface area (Å²) in [5, 5.41) is 2.81. The fourth-order valence-corrected chi connectivity index (χ4v) is 1.42. The highest BCUT2D eigenvalue weighted by molar-refractivity contribution is 9.10. The highest BCUT2D eigenvalue weighted by atomic mass is 79.9. The second-order valence-electron chi connectivity index (χ2n) is 3.33. The Morgan fingerprint density at radius 1 is 1.25 bits per heavy atom. The number of aryl methyl sites for hydroxylation is 1. The first-order valence-corrected chi connectivity index (χ1v) is 5.45. The average molecular weight is 282 g/mol. The van der Waals surface area contributed by atoms with E-state index in [1.165, 1.54) is 6.07 Å². The van der Waals surface area contributed by atoms with E-state index in [1.807, 2.05) is 13.0 Å². The summed E-state index contributed by atoms with van der Waals surface area (Å²) >= 11 is 3.23. The Hall–Kier alpha value is -1.49. The van der Waals surface area contributed by atoms with E-state index < -0.39 is 0 Å². The molecule has 3 nitrogen and oxygen atoms in total. The lowest BCUT2D eigenvalue weighted by atomic mass is 10.2. The molecule has 0 spiro atoms. The van der Waals surface area contributed by atoms with Crippen molar-refractivity contribution in [3.63, 3.8) is 0 Å². The molecule has 16 heavy (non-hydrogen) atoms. The van der Waals surface area contributed by atoms with Crippen LogP contribution in [0.15, 0.2) is 35.1 Å². The molecule has 5 heteroatoms. The molecule has 0 saturated carbocycles. The summed E-state index contributed by atoms with van der Waals surface area (Å²) < 4.78 is 14.3. The van der Waals surface area contributed by atoms with Gasteiger partial charge in [-0.3, -0.25) is 0 Å². The van der Waals surface area contributed by atoms with Crippen LogP contribution in [0.3, 0.4) is 0 Å². The number of nitrogens with one attached hydrogen (secondary N) is 1. The summed E-state index contributed by atoms with van der Waals surface area (Å²) in [5.74, 6) is 0.0532. The van der Waals surface area contributed by atoms with Crippen molar-refractivity contribution < 1.29 is 4.39 Å². The van der Waals surface area contributed by atoms with Gasteiger partial charge in [-0.25, -0.2) is 14.4 Å². The van der Waals surface area contributed by atoms with E-state index in [9.17, 15) is 4.39 Å². The third kappa shape index (κ3) is 2.55. The Morgan fingerprint density at radius 2 is 1.94 bits per heavy atom. The fraction of sp³-hybridized carbons (Fsp3) is 0.0909. The standard InChI is InChI=1S/C11H9BrFN3/c1-7-2-3-10(9(13)4-7)16-11-14-5-8(12)6-15-11/h2-6H,1H3,(H,14,15,16). The molecule has 0 aliphatic heterocycles. The van der Waals surface area contributed by atoms with Gasteiger partial charge in [-0.1, -0.05) is 6.07 Å². The average Bonchev–Trinajstić information content (AvgIpc) is 2.25. The van der Waals surface area contributed by atoms with Gasteiger partial charge >= 0.3 is 0 Å². The van der Waals surface area contributed by atoms with E-state index in [1.54, 1.807) is 18.5 Å². The molecule has 0 aliphatic carbocycles. The Balaban J connectivity index is 2.23. The van der Waals surface area contributed by atoms with Crippen molar-refractivity contribution in [2.24, 2.45) is 0 Å². The Bertz CT molecular complexity index is 499. The summed E-state index contributed by atoms with van der Waals surface area (Å²) in [5.41, 5.74) is 1.24. The van der Waals surface area contributed by atoms with Gasteiger partial charge in [-0.15, -0.1) is 0 Å². The molecule has 2 rings (SSSR count). The number of hydrogen-bond acceptors (Lipinski definition) is 3. The van der Waals surface area contributed by atoms with Crippen molar-refractivity contribution in [2.75, 3.05) is 5.32 Å². The van der Waals surface area contributed by atoms with Crippen molar-refractivity contribution >= 4 is 27.6 Å². The predicted octanol–water partition coefficient (Wildman–Crippen LogP) is 3.43. The first-order valence-electron chi connectivity index (χ1n) is 4.66. The van der Waals surface area contributed by atoms with Gasteiger partial charge in [0, 0.05) is 12.4 Å². The molecular weight excluding hydrogens is 273 g/mol. The number of anilines is 2. The molecule has 0 amide bonds. The summed E-state index contributed by atoms with van der Waals surface area (Å²) in [6, 6.07) is 4.95. The molecule has 1 aromatic heterocycles. The van der Waals surface area contributed by atoms with E-state index in [4.69, 9.17) is 0 Å². The third-order valence-electron chi connectivity index (χ3n) is 1.99. The zero-order chi connectivity index (χ0) is 11.5. The maximum atomic E-state index is 13.5. The van der Waals surface area contributed by atoms with E-state index in [0.717, 1.165) is 10.0 Å². The summed E-state index contributed by atoms with van der Waals surface area (Å²) in [7, 11) is 0. The van der Waals surface area contributed by atoms with Gasteiger partial charge in [0.2, 0.25) is 5.95 Å². The Labute approximate surface area is 101 Å². The Kier molecular flexibility index (Phi) is 3.14. The second kappa shape index (κ2) is 4.57. The molecular formula is C11H9BrFN3. The number of aromatic nitrogens is 2. The molecule has 2 aromatic rings. The van der Waals surface area contributed by atoms with E-state index in [0.29, 0.717) is 11.6 Å². The monoisotopic (exact) mass is 281 g/mol. The lowest BCUT2D eigenvalue weighted by molar-refractivity contribution is 0.630. The quantitative estimate of drug-likeness (QED) is 0.917. The minimum Gasteiger partial charge on any atom is -0.322 e. The topological polar surface area (TPSA) is 37.8 Å². The van der Waals surface area contributed by atoms with Crippen molar-refractivity contribution in [3.8, 4) is 0 Å². The van der Waals surface area contributed by atoms with Gasteiger partial charge in [0.05, 0.1) is 10.2 Å². The highest BCUT2D eigenvalue weighted by Crippen LogP contribution is 2.18. The normalized spacial score (nSPS) is 10.2. The van der Waals surface area contributed by atoms with E-state index >= 15 is 0 Å². The van der Waals surface area contributed by atoms with Crippen LogP contribution in [0, 0.1) is 12.7 Å². The first-order chi connectivity index (χ1) is 7.65. The zero-order valence-corrected chi connectivity index (χ0v) is 10.1. The van der Waals surface area contributed by atoms with Gasteiger partial charge < -0.3 is 5.32 Å². The van der Waals surface area contributed by atoms with Crippen LogP contribution in [0.1, 0.15) is 5.56 Å². The highest BCUT2D eigenvalue weighted by Gasteiger charge is 2.03. The predicted molar refractivity (Wildman–Crippen MR) is 64.2 cm³/mol. The third-order valence-corrected chi connectivity index (χ3v) is 2.40. The van der Waals surface area contributed by atoms with Gasteiger partial charge in [0.25, 0.3) is 0 Å². The summed E-state index contributed by atoms with van der Waals surface area (Å²) in [6.07, 6.45) is 3.20. The number of rotatable bonds is 2. The molecule has 0 radical (unpaired) electrons. The van der Waals surface area contributed by atoms with Crippen molar-refractivity contribution in [2.45, 2.75) is 6.92 Å². The molecule has 0 saturated heterocycles. The van der Waals surface area contributed by atoms with E-state index in [2.05, 4.69) is 31.2 Å². The van der Waals surface area contributed by atoms with Crippen LogP contribution in [0.2, 0.25) is 0 Å².